The van der Waals surface area contributed by atoms with Gasteiger partial charge in [0.25, 0.3) is 0 Å². The van der Waals surface area contributed by atoms with Crippen LogP contribution >= 0.6 is 11.6 Å². The number of nitrogens with one attached hydrogen (secondary N) is 1. The summed E-state index contributed by atoms with van der Waals surface area (Å²) in [5.74, 6) is 1.56. The second-order valence-electron chi connectivity index (χ2n) is 4.26. The summed E-state index contributed by atoms with van der Waals surface area (Å²) < 4.78 is 5.36. The zero-order valence-electron chi connectivity index (χ0n) is 10.8. The summed E-state index contributed by atoms with van der Waals surface area (Å²) in [7, 11) is 0. The van der Waals surface area contributed by atoms with Crippen LogP contribution in [-0.2, 0) is 0 Å². The molecule has 0 saturated heterocycles. The van der Waals surface area contributed by atoms with Gasteiger partial charge in [-0.1, -0.05) is 11.6 Å². The topological polar surface area (TPSA) is 68.0 Å². The highest BCUT2D eigenvalue weighted by molar-refractivity contribution is 6.29. The van der Waals surface area contributed by atoms with Gasteiger partial charge in [0, 0.05) is 11.3 Å². The molecule has 0 radical (unpaired) electrons. The van der Waals surface area contributed by atoms with Crippen LogP contribution in [0.25, 0.3) is 11.3 Å². The van der Waals surface area contributed by atoms with Crippen molar-refractivity contribution >= 4 is 29.4 Å². The number of aldehydes is 1. The maximum absolute atomic E-state index is 10.6. The summed E-state index contributed by atoms with van der Waals surface area (Å²) in [6.45, 7) is 0. The van der Waals surface area contributed by atoms with E-state index >= 15 is 0 Å². The van der Waals surface area contributed by atoms with Gasteiger partial charge in [-0.25, -0.2) is 0 Å². The molecule has 0 spiro atoms. The first-order valence-corrected chi connectivity index (χ1v) is 6.54. The van der Waals surface area contributed by atoms with Gasteiger partial charge in [0.2, 0.25) is 0 Å². The van der Waals surface area contributed by atoms with E-state index in [0.717, 1.165) is 11.3 Å². The molecular formula is C15H10ClN3O2. The minimum Gasteiger partial charge on any atom is -0.453 e. The van der Waals surface area contributed by atoms with Crippen molar-refractivity contribution < 1.29 is 9.21 Å². The molecule has 0 saturated carbocycles. The zero-order chi connectivity index (χ0) is 14.7. The lowest BCUT2D eigenvalue weighted by atomic mass is 10.1. The smallest absolute Gasteiger partial charge is 0.185 e. The van der Waals surface area contributed by atoms with E-state index in [1.165, 1.54) is 0 Å². The molecule has 0 unspecified atom stereocenters. The monoisotopic (exact) mass is 299 g/mol. The SMILES string of the molecule is O=Cc1ccc(-c2ccc(Nc3ccc(Cl)nn3)cc2)o1. The Hall–Kier alpha value is -2.66. The zero-order valence-corrected chi connectivity index (χ0v) is 11.5. The maximum Gasteiger partial charge on any atom is 0.185 e. The summed E-state index contributed by atoms with van der Waals surface area (Å²) in [4.78, 5) is 10.6. The quantitative estimate of drug-likeness (QED) is 0.739. The molecule has 0 atom stereocenters. The largest absolute Gasteiger partial charge is 0.453 e. The van der Waals surface area contributed by atoms with Gasteiger partial charge in [0.15, 0.2) is 23.0 Å². The van der Waals surface area contributed by atoms with Crippen molar-refractivity contribution in [3.63, 3.8) is 0 Å². The molecule has 0 bridgehead atoms. The third kappa shape index (κ3) is 3.09. The molecule has 21 heavy (non-hydrogen) atoms. The number of carbonyl (C=O) groups is 1. The van der Waals surface area contributed by atoms with E-state index in [9.17, 15) is 4.79 Å². The van der Waals surface area contributed by atoms with Gasteiger partial charge in [0.1, 0.15) is 5.76 Å². The number of furan rings is 1. The summed E-state index contributed by atoms with van der Waals surface area (Å²) in [5.41, 5.74) is 1.74. The van der Waals surface area contributed by atoms with Gasteiger partial charge in [0.05, 0.1) is 0 Å². The highest BCUT2D eigenvalue weighted by Gasteiger charge is 2.04. The number of carbonyl (C=O) groups excluding carboxylic acids is 1. The van der Waals surface area contributed by atoms with Gasteiger partial charge < -0.3 is 9.73 Å². The van der Waals surface area contributed by atoms with E-state index < -0.39 is 0 Å². The molecule has 1 aromatic carbocycles. The second kappa shape index (κ2) is 5.76. The van der Waals surface area contributed by atoms with Gasteiger partial charge in [-0.15, -0.1) is 10.2 Å². The number of benzene rings is 1. The normalized spacial score (nSPS) is 10.3. The minimum atomic E-state index is 0.309. The lowest BCUT2D eigenvalue weighted by Gasteiger charge is -2.05. The molecule has 0 aliphatic rings. The molecule has 0 aliphatic heterocycles. The summed E-state index contributed by atoms with van der Waals surface area (Å²) in [6, 6.07) is 14.3. The van der Waals surface area contributed by atoms with Crippen LogP contribution in [-0.4, -0.2) is 16.5 Å². The van der Waals surface area contributed by atoms with Crippen molar-refractivity contribution in [1.82, 2.24) is 10.2 Å². The Kier molecular flexibility index (Phi) is 3.66. The van der Waals surface area contributed by atoms with Gasteiger partial charge in [-0.05, 0) is 48.5 Å². The molecule has 2 aromatic heterocycles. The Balaban J connectivity index is 1.77. The molecule has 3 rings (SSSR count). The Bertz CT molecular complexity index is 751. The fourth-order valence-corrected chi connectivity index (χ4v) is 1.92. The van der Waals surface area contributed by atoms with Crippen molar-refractivity contribution in [2.75, 3.05) is 5.32 Å². The molecule has 0 amide bonds. The Morgan fingerprint density at radius 3 is 2.43 bits per heavy atom. The first-order valence-electron chi connectivity index (χ1n) is 6.16. The molecular weight excluding hydrogens is 290 g/mol. The van der Waals surface area contributed by atoms with E-state index in [1.807, 2.05) is 24.3 Å². The van der Waals surface area contributed by atoms with E-state index in [2.05, 4.69) is 15.5 Å². The molecule has 0 aliphatic carbocycles. The average molecular weight is 300 g/mol. The summed E-state index contributed by atoms with van der Waals surface area (Å²) >= 11 is 5.68. The maximum atomic E-state index is 10.6. The number of anilines is 2. The Morgan fingerprint density at radius 2 is 1.81 bits per heavy atom. The Morgan fingerprint density at radius 1 is 1.00 bits per heavy atom. The summed E-state index contributed by atoms with van der Waals surface area (Å²) in [5, 5.41) is 11.1. The number of nitrogens with zero attached hydrogens (tertiary/aromatic N) is 2. The first kappa shape index (κ1) is 13.3. The van der Waals surface area contributed by atoms with Crippen LogP contribution in [0.2, 0.25) is 5.15 Å². The minimum absolute atomic E-state index is 0.309. The van der Waals surface area contributed by atoms with Gasteiger partial charge in [-0.3, -0.25) is 4.79 Å². The third-order valence-corrected chi connectivity index (χ3v) is 3.02. The van der Waals surface area contributed by atoms with Crippen molar-refractivity contribution in [2.45, 2.75) is 0 Å². The van der Waals surface area contributed by atoms with Crippen LogP contribution in [0.5, 0.6) is 0 Å². The first-order chi connectivity index (χ1) is 10.2. The van der Waals surface area contributed by atoms with Crippen molar-refractivity contribution in [3.05, 3.63) is 59.4 Å². The van der Waals surface area contributed by atoms with E-state index in [-0.39, 0.29) is 0 Å². The highest BCUT2D eigenvalue weighted by atomic mass is 35.5. The number of rotatable bonds is 4. The van der Waals surface area contributed by atoms with Crippen molar-refractivity contribution in [3.8, 4) is 11.3 Å². The van der Waals surface area contributed by atoms with E-state index in [1.54, 1.807) is 24.3 Å². The average Bonchev–Trinajstić information content (AvgIpc) is 2.99. The second-order valence-corrected chi connectivity index (χ2v) is 4.65. The van der Waals surface area contributed by atoms with Crippen LogP contribution in [0.1, 0.15) is 10.6 Å². The molecule has 6 heteroatoms. The van der Waals surface area contributed by atoms with Crippen LogP contribution in [0.4, 0.5) is 11.5 Å². The molecule has 1 N–H and O–H groups in total. The fraction of sp³-hybridized carbons (Fsp3) is 0. The standard InChI is InChI=1S/C15H10ClN3O2/c16-14-7-8-15(19-18-14)17-11-3-1-10(2-4-11)13-6-5-12(9-20)21-13/h1-9H,(H,17,19). The van der Waals surface area contributed by atoms with E-state index in [4.69, 9.17) is 16.0 Å². The predicted molar refractivity (Wildman–Crippen MR) is 79.9 cm³/mol. The number of halogens is 1. The number of hydrogen-bond acceptors (Lipinski definition) is 5. The number of aromatic nitrogens is 2. The van der Waals surface area contributed by atoms with Crippen molar-refractivity contribution in [1.29, 1.82) is 0 Å². The lowest BCUT2D eigenvalue weighted by molar-refractivity contribution is 0.110. The van der Waals surface area contributed by atoms with Crippen LogP contribution in [0.15, 0.2) is 52.9 Å². The third-order valence-electron chi connectivity index (χ3n) is 2.82. The molecule has 5 nitrogen and oxygen atoms in total. The van der Waals surface area contributed by atoms with Gasteiger partial charge in [-0.2, -0.15) is 0 Å². The van der Waals surface area contributed by atoms with E-state index in [0.29, 0.717) is 28.8 Å². The number of hydrogen-bond donors (Lipinski definition) is 1. The Labute approximate surface area is 125 Å². The predicted octanol–water partition coefficient (Wildman–Crippen LogP) is 3.95. The fourth-order valence-electron chi connectivity index (χ4n) is 1.82. The van der Waals surface area contributed by atoms with Crippen LogP contribution < -0.4 is 5.32 Å². The van der Waals surface area contributed by atoms with Crippen molar-refractivity contribution in [2.24, 2.45) is 0 Å². The van der Waals surface area contributed by atoms with Crippen LogP contribution in [0.3, 0.4) is 0 Å². The summed E-state index contributed by atoms with van der Waals surface area (Å²) in [6.07, 6.45) is 0.679. The molecule has 0 fully saturated rings. The van der Waals surface area contributed by atoms with Gasteiger partial charge >= 0.3 is 0 Å². The molecule has 104 valence electrons. The highest BCUT2D eigenvalue weighted by Crippen LogP contribution is 2.24. The molecule has 2 heterocycles. The van der Waals surface area contributed by atoms with Crippen LogP contribution in [0, 0.1) is 0 Å². The lowest BCUT2D eigenvalue weighted by Crippen LogP contribution is -1.94. The molecule has 3 aromatic rings.